The molecule has 0 aliphatic carbocycles. The van der Waals surface area contributed by atoms with Crippen molar-refractivity contribution in [2.75, 3.05) is 19.3 Å². The summed E-state index contributed by atoms with van der Waals surface area (Å²) in [5.41, 5.74) is 6.66. The number of anilines is 1. The van der Waals surface area contributed by atoms with Crippen molar-refractivity contribution in [2.24, 2.45) is 0 Å². The molecule has 1 rings (SSSR count). The minimum atomic E-state index is -3.48. The third-order valence-electron chi connectivity index (χ3n) is 2.79. The molecule has 2 N–H and O–H groups in total. The molecule has 0 radical (unpaired) electrons. The minimum absolute atomic E-state index is 0.195. The van der Waals surface area contributed by atoms with Gasteiger partial charge >= 0.3 is 0 Å². The fraction of sp³-hybridized carbons (Fsp3) is 0.500. The second-order valence-corrected chi connectivity index (χ2v) is 6.75. The summed E-state index contributed by atoms with van der Waals surface area (Å²) >= 11 is 5.93. The summed E-state index contributed by atoms with van der Waals surface area (Å²) in [7, 11) is -1.90. The van der Waals surface area contributed by atoms with E-state index in [1.54, 1.807) is 20.0 Å². The quantitative estimate of drug-likeness (QED) is 0.848. The summed E-state index contributed by atoms with van der Waals surface area (Å²) in [5.74, 6) is 0. The predicted octanol–water partition coefficient (Wildman–Crippen LogP) is 2.65. The van der Waals surface area contributed by atoms with E-state index in [9.17, 15) is 8.42 Å². The van der Waals surface area contributed by atoms with Crippen molar-refractivity contribution in [1.29, 1.82) is 0 Å². The van der Waals surface area contributed by atoms with Gasteiger partial charge < -0.3 is 5.73 Å². The first-order chi connectivity index (χ1) is 8.30. The lowest BCUT2D eigenvalue weighted by atomic mass is 10.2. The monoisotopic (exact) mass is 290 g/mol. The van der Waals surface area contributed by atoms with E-state index in [1.165, 1.54) is 10.4 Å². The Kier molecular flexibility index (Phi) is 5.01. The Morgan fingerprint density at radius 3 is 2.50 bits per heavy atom. The normalized spacial score (nSPS) is 12.1. The molecule has 0 heterocycles. The van der Waals surface area contributed by atoms with Gasteiger partial charge in [-0.05, 0) is 31.0 Å². The molecular formula is C12H19ClN2O2S. The van der Waals surface area contributed by atoms with Gasteiger partial charge in [0, 0.05) is 13.6 Å². The molecule has 0 atom stereocenters. The van der Waals surface area contributed by atoms with Gasteiger partial charge in [0.2, 0.25) is 10.0 Å². The summed E-state index contributed by atoms with van der Waals surface area (Å²) < 4.78 is 25.9. The highest BCUT2D eigenvalue weighted by molar-refractivity contribution is 7.89. The number of hydrogen-bond acceptors (Lipinski definition) is 3. The number of rotatable bonds is 5. The second-order valence-electron chi connectivity index (χ2n) is 4.32. The molecular weight excluding hydrogens is 272 g/mol. The molecule has 1 aromatic rings. The lowest BCUT2D eigenvalue weighted by molar-refractivity contribution is 0.459. The van der Waals surface area contributed by atoms with Crippen molar-refractivity contribution in [3.8, 4) is 0 Å². The number of unbranched alkanes of at least 4 members (excludes halogenated alkanes) is 1. The van der Waals surface area contributed by atoms with Crippen LogP contribution in [0.3, 0.4) is 0 Å². The zero-order valence-electron chi connectivity index (χ0n) is 10.9. The number of aryl methyl sites for hydroxylation is 1. The smallest absolute Gasteiger partial charge is 0.242 e. The highest BCUT2D eigenvalue weighted by atomic mass is 35.5. The van der Waals surface area contributed by atoms with E-state index in [0.29, 0.717) is 22.8 Å². The Balaban J connectivity index is 3.13. The Morgan fingerprint density at radius 1 is 1.39 bits per heavy atom. The molecule has 102 valence electrons. The van der Waals surface area contributed by atoms with E-state index in [1.807, 2.05) is 6.92 Å². The van der Waals surface area contributed by atoms with Gasteiger partial charge in [-0.25, -0.2) is 12.7 Å². The average molecular weight is 291 g/mol. The number of nitrogens with zero attached hydrogens (tertiary/aromatic N) is 1. The van der Waals surface area contributed by atoms with E-state index in [2.05, 4.69) is 0 Å². The first-order valence-corrected chi connectivity index (χ1v) is 7.64. The van der Waals surface area contributed by atoms with Gasteiger partial charge in [-0.1, -0.05) is 24.9 Å². The largest absolute Gasteiger partial charge is 0.397 e. The van der Waals surface area contributed by atoms with E-state index in [4.69, 9.17) is 17.3 Å². The van der Waals surface area contributed by atoms with Crippen LogP contribution in [0.4, 0.5) is 5.69 Å². The Labute approximate surface area is 114 Å². The van der Waals surface area contributed by atoms with Gasteiger partial charge in [-0.2, -0.15) is 0 Å². The van der Waals surface area contributed by atoms with Crippen LogP contribution in [-0.2, 0) is 10.0 Å². The maximum Gasteiger partial charge on any atom is 0.242 e. The summed E-state index contributed by atoms with van der Waals surface area (Å²) in [6.07, 6.45) is 1.78. The number of nitrogens with two attached hydrogens (primary N) is 1. The summed E-state index contributed by atoms with van der Waals surface area (Å²) in [5, 5.41) is 0.408. The molecule has 0 bridgehead atoms. The molecule has 0 saturated heterocycles. The van der Waals surface area contributed by atoms with Crippen molar-refractivity contribution >= 4 is 27.3 Å². The standard InChI is InChI=1S/C12H19ClN2O2S/c1-4-5-6-15(3)18(16,17)10-7-9(2)12(13)11(14)8-10/h7-8H,4-6,14H2,1-3H3. The molecule has 0 spiro atoms. The fourth-order valence-electron chi connectivity index (χ4n) is 1.59. The minimum Gasteiger partial charge on any atom is -0.397 e. The number of benzene rings is 1. The van der Waals surface area contributed by atoms with Crippen molar-refractivity contribution in [1.82, 2.24) is 4.31 Å². The zero-order valence-corrected chi connectivity index (χ0v) is 12.5. The van der Waals surface area contributed by atoms with Crippen LogP contribution in [-0.4, -0.2) is 26.3 Å². The summed E-state index contributed by atoms with van der Waals surface area (Å²) in [4.78, 5) is 0.195. The van der Waals surface area contributed by atoms with Crippen LogP contribution in [0.2, 0.25) is 5.02 Å². The van der Waals surface area contributed by atoms with Crippen LogP contribution in [0.1, 0.15) is 25.3 Å². The molecule has 0 aromatic heterocycles. The molecule has 0 saturated carbocycles. The van der Waals surface area contributed by atoms with Crippen LogP contribution in [0, 0.1) is 6.92 Å². The summed E-state index contributed by atoms with van der Waals surface area (Å²) in [6, 6.07) is 2.96. The molecule has 0 unspecified atom stereocenters. The highest BCUT2D eigenvalue weighted by Crippen LogP contribution is 2.28. The molecule has 18 heavy (non-hydrogen) atoms. The van der Waals surface area contributed by atoms with Gasteiger partial charge in [0.15, 0.2) is 0 Å². The van der Waals surface area contributed by atoms with Crippen molar-refractivity contribution in [2.45, 2.75) is 31.6 Å². The maximum absolute atomic E-state index is 12.3. The molecule has 0 aliphatic heterocycles. The fourth-order valence-corrected chi connectivity index (χ4v) is 3.03. The second kappa shape index (κ2) is 5.91. The first kappa shape index (κ1) is 15.3. The summed E-state index contributed by atoms with van der Waals surface area (Å²) in [6.45, 7) is 4.26. The molecule has 0 aliphatic rings. The van der Waals surface area contributed by atoms with E-state index in [0.717, 1.165) is 12.8 Å². The first-order valence-electron chi connectivity index (χ1n) is 5.82. The number of nitrogen functional groups attached to an aromatic ring is 1. The van der Waals surface area contributed by atoms with Gasteiger partial charge in [0.05, 0.1) is 15.6 Å². The van der Waals surface area contributed by atoms with Crippen LogP contribution >= 0.6 is 11.6 Å². The third-order valence-corrected chi connectivity index (χ3v) is 5.14. The Bertz CT molecular complexity index is 506. The molecule has 1 aromatic carbocycles. The topological polar surface area (TPSA) is 63.4 Å². The van der Waals surface area contributed by atoms with Crippen LogP contribution < -0.4 is 5.73 Å². The molecule has 4 nitrogen and oxygen atoms in total. The lowest BCUT2D eigenvalue weighted by Gasteiger charge is -2.18. The third kappa shape index (κ3) is 3.16. The Hall–Kier alpha value is -0.780. The number of sulfonamides is 1. The SMILES string of the molecule is CCCCN(C)S(=O)(=O)c1cc(C)c(Cl)c(N)c1. The van der Waals surface area contributed by atoms with E-state index >= 15 is 0 Å². The average Bonchev–Trinajstić information content (AvgIpc) is 2.32. The van der Waals surface area contributed by atoms with Crippen LogP contribution in [0.25, 0.3) is 0 Å². The molecule has 0 fully saturated rings. The van der Waals surface area contributed by atoms with Crippen molar-refractivity contribution < 1.29 is 8.42 Å². The predicted molar refractivity (Wildman–Crippen MR) is 75.3 cm³/mol. The lowest BCUT2D eigenvalue weighted by Crippen LogP contribution is -2.28. The number of hydrogen-bond donors (Lipinski definition) is 1. The van der Waals surface area contributed by atoms with E-state index in [-0.39, 0.29) is 4.90 Å². The maximum atomic E-state index is 12.3. The van der Waals surface area contributed by atoms with E-state index < -0.39 is 10.0 Å². The van der Waals surface area contributed by atoms with Crippen molar-refractivity contribution in [3.63, 3.8) is 0 Å². The molecule has 6 heteroatoms. The highest BCUT2D eigenvalue weighted by Gasteiger charge is 2.21. The van der Waals surface area contributed by atoms with Gasteiger partial charge in [0.1, 0.15) is 0 Å². The van der Waals surface area contributed by atoms with Crippen molar-refractivity contribution in [3.05, 3.63) is 22.7 Å². The molecule has 0 amide bonds. The van der Waals surface area contributed by atoms with Crippen LogP contribution in [0.5, 0.6) is 0 Å². The zero-order chi connectivity index (χ0) is 13.9. The van der Waals surface area contributed by atoms with Gasteiger partial charge in [0.25, 0.3) is 0 Å². The number of halogens is 1. The Morgan fingerprint density at radius 2 is 2.00 bits per heavy atom. The van der Waals surface area contributed by atoms with Gasteiger partial charge in [-0.3, -0.25) is 0 Å². The van der Waals surface area contributed by atoms with Crippen LogP contribution in [0.15, 0.2) is 17.0 Å². The van der Waals surface area contributed by atoms with Gasteiger partial charge in [-0.15, -0.1) is 0 Å².